The molecule has 25 heavy (non-hydrogen) atoms. The normalized spacial score (nSPS) is 25.1. The predicted molar refractivity (Wildman–Crippen MR) is 98.4 cm³/mol. The molecular formula is C18H30N6O. The van der Waals surface area contributed by atoms with E-state index in [2.05, 4.69) is 31.7 Å². The zero-order valence-corrected chi connectivity index (χ0v) is 15.4. The zero-order valence-electron chi connectivity index (χ0n) is 15.4. The van der Waals surface area contributed by atoms with Crippen LogP contribution >= 0.6 is 0 Å². The number of likely N-dealkylation sites (tertiary alicyclic amines) is 2. The van der Waals surface area contributed by atoms with E-state index in [0.29, 0.717) is 18.5 Å². The van der Waals surface area contributed by atoms with E-state index in [1.54, 1.807) is 7.05 Å². The summed E-state index contributed by atoms with van der Waals surface area (Å²) in [6.07, 6.45) is 10.3. The van der Waals surface area contributed by atoms with Gasteiger partial charge in [0, 0.05) is 45.6 Å². The predicted octanol–water partition coefficient (Wildman–Crippen LogP) is 1.35. The fraction of sp³-hybridized carbons (Fsp3) is 0.722. The van der Waals surface area contributed by atoms with E-state index >= 15 is 0 Å². The van der Waals surface area contributed by atoms with Gasteiger partial charge in [0.25, 0.3) is 0 Å². The lowest BCUT2D eigenvalue weighted by Crippen LogP contribution is -2.51. The van der Waals surface area contributed by atoms with Crippen LogP contribution in [0.25, 0.3) is 0 Å². The van der Waals surface area contributed by atoms with Gasteiger partial charge in [-0.1, -0.05) is 6.92 Å². The highest BCUT2D eigenvalue weighted by Gasteiger charge is 2.29. The van der Waals surface area contributed by atoms with Crippen LogP contribution in [-0.4, -0.2) is 71.0 Å². The van der Waals surface area contributed by atoms with E-state index in [9.17, 15) is 4.79 Å². The molecule has 2 atom stereocenters. The first-order valence-corrected chi connectivity index (χ1v) is 9.40. The maximum absolute atomic E-state index is 12.4. The first-order chi connectivity index (χ1) is 12.2. The molecule has 1 N–H and O–H groups in total. The average Bonchev–Trinajstić information content (AvgIpc) is 3.18. The molecule has 2 aliphatic heterocycles. The number of guanidine groups is 1. The van der Waals surface area contributed by atoms with Crippen LogP contribution in [0.3, 0.4) is 0 Å². The first kappa shape index (κ1) is 17.8. The Morgan fingerprint density at radius 2 is 2.04 bits per heavy atom. The molecule has 2 fully saturated rings. The fourth-order valence-electron chi connectivity index (χ4n) is 3.84. The molecule has 7 heteroatoms. The number of hydrogen-bond donors (Lipinski definition) is 1. The van der Waals surface area contributed by atoms with Crippen molar-refractivity contribution in [3.8, 4) is 0 Å². The maximum atomic E-state index is 12.4. The van der Waals surface area contributed by atoms with Gasteiger partial charge in [-0.25, -0.2) is 4.98 Å². The highest BCUT2D eigenvalue weighted by atomic mass is 16.2. The SMILES string of the molecule is CN=C(NCC(=O)N1CCCCC1)N1CCC(C)C(n2ccnc2)C1. The summed E-state index contributed by atoms with van der Waals surface area (Å²) >= 11 is 0. The fourth-order valence-corrected chi connectivity index (χ4v) is 3.84. The Hall–Kier alpha value is -2.05. The van der Waals surface area contributed by atoms with Crippen molar-refractivity contribution in [2.75, 3.05) is 39.8 Å². The second-order valence-electron chi connectivity index (χ2n) is 7.13. The lowest BCUT2D eigenvalue weighted by atomic mass is 9.93. The minimum atomic E-state index is 0.178. The molecular weight excluding hydrogens is 316 g/mol. The number of rotatable bonds is 3. The number of imidazole rings is 1. The number of hydrogen-bond acceptors (Lipinski definition) is 3. The van der Waals surface area contributed by atoms with Crippen molar-refractivity contribution >= 4 is 11.9 Å². The number of carbonyl (C=O) groups is 1. The van der Waals surface area contributed by atoms with Gasteiger partial charge in [0.15, 0.2) is 5.96 Å². The summed E-state index contributed by atoms with van der Waals surface area (Å²) in [5, 5.41) is 3.28. The van der Waals surface area contributed by atoms with Gasteiger partial charge in [-0.05, 0) is 31.6 Å². The third-order valence-electron chi connectivity index (χ3n) is 5.44. The van der Waals surface area contributed by atoms with Crippen LogP contribution in [0.1, 0.15) is 38.6 Å². The molecule has 0 bridgehead atoms. The van der Waals surface area contributed by atoms with Gasteiger partial charge >= 0.3 is 0 Å². The number of amides is 1. The van der Waals surface area contributed by atoms with Crippen molar-refractivity contribution in [3.63, 3.8) is 0 Å². The lowest BCUT2D eigenvalue weighted by molar-refractivity contribution is -0.130. The summed E-state index contributed by atoms with van der Waals surface area (Å²) in [5.41, 5.74) is 0. The van der Waals surface area contributed by atoms with Crippen molar-refractivity contribution in [2.24, 2.45) is 10.9 Å². The summed E-state index contributed by atoms with van der Waals surface area (Å²) in [7, 11) is 1.79. The van der Waals surface area contributed by atoms with Gasteiger partial charge in [-0.2, -0.15) is 0 Å². The third-order valence-corrected chi connectivity index (χ3v) is 5.44. The van der Waals surface area contributed by atoms with Crippen molar-refractivity contribution in [3.05, 3.63) is 18.7 Å². The van der Waals surface area contributed by atoms with Gasteiger partial charge in [-0.15, -0.1) is 0 Å². The number of carbonyl (C=O) groups excluding carboxylic acids is 1. The van der Waals surface area contributed by atoms with Gasteiger partial charge in [0.2, 0.25) is 5.91 Å². The Bertz CT molecular complexity index is 578. The molecule has 3 heterocycles. The van der Waals surface area contributed by atoms with Crippen molar-refractivity contribution in [1.82, 2.24) is 24.7 Å². The average molecular weight is 346 g/mol. The molecule has 1 aromatic heterocycles. The lowest BCUT2D eigenvalue weighted by Gasteiger charge is -2.39. The molecule has 0 aromatic carbocycles. The second-order valence-corrected chi connectivity index (χ2v) is 7.13. The van der Waals surface area contributed by atoms with Crippen LogP contribution in [0.4, 0.5) is 0 Å². The smallest absolute Gasteiger partial charge is 0.241 e. The largest absolute Gasteiger partial charge is 0.347 e. The Morgan fingerprint density at radius 1 is 1.24 bits per heavy atom. The standard InChI is InChI=1S/C18H30N6O/c1-15-6-10-23(13-16(15)24-11-7-20-14-24)18(19-2)21-12-17(25)22-8-4-3-5-9-22/h7,11,14-16H,3-6,8-10,12-13H2,1-2H3,(H,19,21). The molecule has 1 amide bonds. The van der Waals surface area contributed by atoms with E-state index in [0.717, 1.165) is 51.4 Å². The summed E-state index contributed by atoms with van der Waals surface area (Å²) < 4.78 is 2.18. The van der Waals surface area contributed by atoms with E-state index in [1.165, 1.54) is 6.42 Å². The number of aromatic nitrogens is 2. The minimum Gasteiger partial charge on any atom is -0.347 e. The highest BCUT2D eigenvalue weighted by molar-refractivity contribution is 5.86. The first-order valence-electron chi connectivity index (χ1n) is 9.40. The Morgan fingerprint density at radius 3 is 2.72 bits per heavy atom. The Labute approximate surface area is 150 Å². The molecule has 1 aromatic rings. The van der Waals surface area contributed by atoms with Crippen LogP contribution < -0.4 is 5.32 Å². The van der Waals surface area contributed by atoms with Crippen molar-refractivity contribution < 1.29 is 4.79 Å². The monoisotopic (exact) mass is 346 g/mol. The summed E-state index contributed by atoms with van der Waals surface area (Å²) in [4.78, 5) is 25.2. The number of aliphatic imine (C=N–C) groups is 1. The quantitative estimate of drug-likeness (QED) is 0.663. The summed E-state index contributed by atoms with van der Waals surface area (Å²) in [5.74, 6) is 1.60. The minimum absolute atomic E-state index is 0.178. The topological polar surface area (TPSA) is 65.8 Å². The molecule has 0 aliphatic carbocycles. The van der Waals surface area contributed by atoms with Crippen LogP contribution in [0.2, 0.25) is 0 Å². The van der Waals surface area contributed by atoms with Crippen LogP contribution in [-0.2, 0) is 4.79 Å². The molecule has 0 radical (unpaired) electrons. The molecule has 2 saturated heterocycles. The van der Waals surface area contributed by atoms with Crippen LogP contribution in [0.15, 0.2) is 23.7 Å². The summed E-state index contributed by atoms with van der Waals surface area (Å²) in [6.45, 7) is 6.25. The number of nitrogens with zero attached hydrogens (tertiary/aromatic N) is 5. The maximum Gasteiger partial charge on any atom is 0.241 e. The molecule has 0 spiro atoms. The van der Waals surface area contributed by atoms with Gasteiger partial charge < -0.3 is 19.7 Å². The number of nitrogens with one attached hydrogen (secondary N) is 1. The van der Waals surface area contributed by atoms with E-state index < -0.39 is 0 Å². The van der Waals surface area contributed by atoms with E-state index in [-0.39, 0.29) is 5.91 Å². The zero-order chi connectivity index (χ0) is 17.6. The third kappa shape index (κ3) is 4.32. The Balaban J connectivity index is 1.56. The second kappa shape index (κ2) is 8.36. The molecule has 0 saturated carbocycles. The number of piperidine rings is 2. The Kier molecular flexibility index (Phi) is 5.94. The van der Waals surface area contributed by atoms with Gasteiger partial charge in [0.05, 0.1) is 18.9 Å². The van der Waals surface area contributed by atoms with Gasteiger partial charge in [-0.3, -0.25) is 9.79 Å². The molecule has 2 aliphatic rings. The van der Waals surface area contributed by atoms with Crippen molar-refractivity contribution in [2.45, 2.75) is 38.6 Å². The molecule has 7 nitrogen and oxygen atoms in total. The van der Waals surface area contributed by atoms with Gasteiger partial charge in [0.1, 0.15) is 0 Å². The van der Waals surface area contributed by atoms with Crippen molar-refractivity contribution in [1.29, 1.82) is 0 Å². The van der Waals surface area contributed by atoms with E-state index in [4.69, 9.17) is 0 Å². The van der Waals surface area contributed by atoms with Crippen LogP contribution in [0.5, 0.6) is 0 Å². The summed E-state index contributed by atoms with van der Waals surface area (Å²) in [6, 6.07) is 0.382. The van der Waals surface area contributed by atoms with Crippen LogP contribution in [0, 0.1) is 5.92 Å². The molecule has 3 rings (SSSR count). The molecule has 2 unspecified atom stereocenters. The highest BCUT2D eigenvalue weighted by Crippen LogP contribution is 2.27. The van der Waals surface area contributed by atoms with E-state index in [1.807, 2.05) is 23.6 Å². The molecule has 138 valence electrons.